The van der Waals surface area contributed by atoms with Gasteiger partial charge in [-0.25, -0.2) is 0 Å². The number of hydrogen-bond acceptors (Lipinski definition) is 3. The highest BCUT2D eigenvalue weighted by atomic mass is 16.5. The third-order valence-electron chi connectivity index (χ3n) is 4.42. The van der Waals surface area contributed by atoms with E-state index in [4.69, 9.17) is 9.47 Å². The van der Waals surface area contributed by atoms with Gasteiger partial charge in [0.1, 0.15) is 6.61 Å². The Morgan fingerprint density at radius 3 is 2.33 bits per heavy atom. The summed E-state index contributed by atoms with van der Waals surface area (Å²) in [6.45, 7) is 3.52. The largest absolute Gasteiger partial charge is 0.496 e. The second-order valence-corrected chi connectivity index (χ2v) is 6.18. The predicted molar refractivity (Wildman–Crippen MR) is 96.4 cm³/mol. The van der Waals surface area contributed by atoms with Crippen molar-refractivity contribution in [1.82, 2.24) is 4.90 Å². The van der Waals surface area contributed by atoms with Crippen LogP contribution in [0, 0.1) is 0 Å². The highest BCUT2D eigenvalue weighted by molar-refractivity contribution is 5.17. The molecule has 0 spiro atoms. The van der Waals surface area contributed by atoms with Crippen LogP contribution in [-0.2, 0) is 22.6 Å². The molecule has 0 radical (unpaired) electrons. The molecule has 1 fully saturated rings. The Bertz CT molecular complexity index is 639. The van der Waals surface area contributed by atoms with Crippen molar-refractivity contribution >= 4 is 0 Å². The summed E-state index contributed by atoms with van der Waals surface area (Å²) in [5.74, 6) is 0. The lowest BCUT2D eigenvalue weighted by molar-refractivity contribution is 0.0600. The lowest BCUT2D eigenvalue weighted by Gasteiger charge is -2.33. The van der Waals surface area contributed by atoms with Gasteiger partial charge in [0.25, 0.3) is 0 Å². The molecule has 0 aromatic heterocycles. The Kier molecular flexibility index (Phi) is 6.05. The van der Waals surface area contributed by atoms with Crippen LogP contribution in [0.5, 0.6) is 0 Å². The summed E-state index contributed by atoms with van der Waals surface area (Å²) >= 11 is 0. The summed E-state index contributed by atoms with van der Waals surface area (Å²) in [6, 6.07) is 20.8. The van der Waals surface area contributed by atoms with Gasteiger partial charge in [-0.15, -0.1) is 0 Å². The first kappa shape index (κ1) is 16.7. The van der Waals surface area contributed by atoms with Crippen LogP contribution in [0.25, 0.3) is 0 Å². The van der Waals surface area contributed by atoms with Crippen molar-refractivity contribution in [3.05, 3.63) is 83.6 Å². The van der Waals surface area contributed by atoms with Crippen LogP contribution in [0.1, 0.15) is 17.5 Å². The quantitative estimate of drug-likeness (QED) is 0.750. The molecule has 0 amide bonds. The second kappa shape index (κ2) is 8.67. The number of ether oxygens (including phenoxy) is 2. The van der Waals surface area contributed by atoms with Gasteiger partial charge in [-0.1, -0.05) is 60.7 Å². The number of rotatable bonds is 6. The number of benzene rings is 2. The Hall–Kier alpha value is -2.10. The molecule has 126 valence electrons. The standard InChI is InChI=1S/C21H25NO2/c1-23-21-15-22(14-18-8-4-2-5-9-18)13-12-20(21)17-24-16-19-10-6-3-7-11-19/h2-11,17,21H,12-16H2,1H3. The van der Waals surface area contributed by atoms with Crippen LogP contribution < -0.4 is 0 Å². The molecular weight excluding hydrogens is 298 g/mol. The van der Waals surface area contributed by atoms with Gasteiger partial charge >= 0.3 is 0 Å². The first-order chi connectivity index (χ1) is 11.8. The lowest BCUT2D eigenvalue weighted by Crippen LogP contribution is -2.40. The Morgan fingerprint density at radius 2 is 1.67 bits per heavy atom. The average molecular weight is 323 g/mol. The van der Waals surface area contributed by atoms with E-state index in [0.717, 1.165) is 26.1 Å². The summed E-state index contributed by atoms with van der Waals surface area (Å²) in [4.78, 5) is 2.44. The fourth-order valence-electron chi connectivity index (χ4n) is 3.06. The number of methoxy groups -OCH3 is 1. The normalized spacial score (nSPS) is 20.2. The maximum atomic E-state index is 5.78. The van der Waals surface area contributed by atoms with Gasteiger partial charge in [-0.3, -0.25) is 4.90 Å². The molecule has 1 saturated heterocycles. The summed E-state index contributed by atoms with van der Waals surface area (Å²) in [6.07, 6.45) is 3.00. The van der Waals surface area contributed by atoms with E-state index in [1.54, 1.807) is 7.11 Å². The van der Waals surface area contributed by atoms with Crippen molar-refractivity contribution in [1.29, 1.82) is 0 Å². The van der Waals surface area contributed by atoms with E-state index < -0.39 is 0 Å². The van der Waals surface area contributed by atoms with Crippen molar-refractivity contribution in [2.75, 3.05) is 20.2 Å². The fraction of sp³-hybridized carbons (Fsp3) is 0.333. The van der Waals surface area contributed by atoms with Crippen molar-refractivity contribution < 1.29 is 9.47 Å². The van der Waals surface area contributed by atoms with E-state index in [2.05, 4.69) is 47.4 Å². The van der Waals surface area contributed by atoms with E-state index >= 15 is 0 Å². The summed E-state index contributed by atoms with van der Waals surface area (Å²) < 4.78 is 11.5. The van der Waals surface area contributed by atoms with Crippen LogP contribution in [-0.4, -0.2) is 31.2 Å². The molecule has 0 bridgehead atoms. The lowest BCUT2D eigenvalue weighted by atomic mass is 10.0. The topological polar surface area (TPSA) is 21.7 Å². The minimum Gasteiger partial charge on any atom is -0.496 e. The molecule has 0 saturated carbocycles. The van der Waals surface area contributed by atoms with Gasteiger partial charge in [0.05, 0.1) is 12.4 Å². The monoisotopic (exact) mass is 323 g/mol. The van der Waals surface area contributed by atoms with Gasteiger partial charge < -0.3 is 9.47 Å². The third-order valence-corrected chi connectivity index (χ3v) is 4.42. The van der Waals surface area contributed by atoms with Crippen LogP contribution in [0.4, 0.5) is 0 Å². The predicted octanol–water partition coefficient (Wildman–Crippen LogP) is 4.01. The number of likely N-dealkylation sites (tertiary alicyclic amines) is 1. The van der Waals surface area contributed by atoms with Crippen molar-refractivity contribution in [3.63, 3.8) is 0 Å². The van der Waals surface area contributed by atoms with Gasteiger partial charge in [-0.2, -0.15) is 0 Å². The molecule has 3 heteroatoms. The smallest absolute Gasteiger partial charge is 0.112 e. The zero-order chi connectivity index (χ0) is 16.6. The first-order valence-electron chi connectivity index (χ1n) is 8.48. The van der Waals surface area contributed by atoms with Crippen LogP contribution >= 0.6 is 0 Å². The molecule has 1 aliphatic heterocycles. The van der Waals surface area contributed by atoms with Crippen molar-refractivity contribution in [2.45, 2.75) is 25.7 Å². The van der Waals surface area contributed by atoms with Crippen LogP contribution in [0.15, 0.2) is 72.5 Å². The molecule has 3 nitrogen and oxygen atoms in total. The maximum absolute atomic E-state index is 5.78. The Labute approximate surface area is 144 Å². The summed E-state index contributed by atoms with van der Waals surface area (Å²) in [5, 5.41) is 0. The molecule has 24 heavy (non-hydrogen) atoms. The summed E-state index contributed by atoms with van der Waals surface area (Å²) in [5.41, 5.74) is 3.78. The number of nitrogens with zero attached hydrogens (tertiary/aromatic N) is 1. The van der Waals surface area contributed by atoms with Crippen LogP contribution in [0.3, 0.4) is 0 Å². The zero-order valence-corrected chi connectivity index (χ0v) is 14.2. The molecule has 3 rings (SSSR count). The maximum Gasteiger partial charge on any atom is 0.112 e. The molecule has 1 atom stereocenters. The fourth-order valence-corrected chi connectivity index (χ4v) is 3.06. The zero-order valence-electron chi connectivity index (χ0n) is 14.2. The van der Waals surface area contributed by atoms with E-state index in [-0.39, 0.29) is 6.10 Å². The van der Waals surface area contributed by atoms with Crippen molar-refractivity contribution in [2.24, 2.45) is 0 Å². The Balaban J connectivity index is 1.53. The minimum absolute atomic E-state index is 0.109. The Morgan fingerprint density at radius 1 is 1.00 bits per heavy atom. The van der Waals surface area contributed by atoms with Crippen LogP contribution in [0.2, 0.25) is 0 Å². The highest BCUT2D eigenvalue weighted by Crippen LogP contribution is 2.21. The van der Waals surface area contributed by atoms with E-state index in [1.165, 1.54) is 16.7 Å². The van der Waals surface area contributed by atoms with E-state index in [0.29, 0.717) is 6.61 Å². The summed E-state index contributed by atoms with van der Waals surface area (Å²) in [7, 11) is 1.78. The molecule has 1 unspecified atom stereocenters. The van der Waals surface area contributed by atoms with Crippen molar-refractivity contribution in [3.8, 4) is 0 Å². The minimum atomic E-state index is 0.109. The number of hydrogen-bond donors (Lipinski definition) is 0. The third kappa shape index (κ3) is 4.70. The van der Waals surface area contributed by atoms with Gasteiger partial charge in [0, 0.05) is 26.7 Å². The molecule has 0 aliphatic carbocycles. The van der Waals surface area contributed by atoms with Gasteiger partial charge in [-0.05, 0) is 23.1 Å². The van der Waals surface area contributed by atoms with Gasteiger partial charge in [0.15, 0.2) is 0 Å². The first-order valence-corrected chi connectivity index (χ1v) is 8.48. The molecule has 2 aromatic rings. The second-order valence-electron chi connectivity index (χ2n) is 6.18. The highest BCUT2D eigenvalue weighted by Gasteiger charge is 2.24. The van der Waals surface area contributed by atoms with Gasteiger partial charge in [0.2, 0.25) is 0 Å². The molecular formula is C21H25NO2. The SMILES string of the molecule is COC1CN(Cc2ccccc2)CCC1=COCc1ccccc1. The molecule has 1 heterocycles. The molecule has 1 aliphatic rings. The average Bonchev–Trinajstić information content (AvgIpc) is 2.64. The number of piperidine rings is 1. The van der Waals surface area contributed by atoms with E-state index in [1.807, 2.05) is 24.5 Å². The molecule has 2 aromatic carbocycles. The van der Waals surface area contributed by atoms with E-state index in [9.17, 15) is 0 Å². The molecule has 0 N–H and O–H groups in total.